The molecule has 3 heteroatoms. The lowest BCUT2D eigenvalue weighted by Crippen LogP contribution is -2.21. The minimum atomic E-state index is 0.189. The standard InChI is InChI=1S/C17H30N2O/c1-5-7-8-9-10-17(19-6-2)15-11-16(13-18-12-15)20-14(3)4/h11-14,17,19H,5-10H2,1-4H3. The van der Waals surface area contributed by atoms with Gasteiger partial charge < -0.3 is 10.1 Å². The highest BCUT2D eigenvalue weighted by atomic mass is 16.5. The van der Waals surface area contributed by atoms with Gasteiger partial charge in [0.2, 0.25) is 0 Å². The molecule has 1 rings (SSSR count). The normalized spacial score (nSPS) is 12.7. The molecule has 3 nitrogen and oxygen atoms in total. The van der Waals surface area contributed by atoms with Crippen molar-refractivity contribution >= 4 is 0 Å². The van der Waals surface area contributed by atoms with E-state index in [0.717, 1.165) is 12.3 Å². The highest BCUT2D eigenvalue weighted by molar-refractivity contribution is 5.26. The fourth-order valence-corrected chi connectivity index (χ4v) is 2.37. The summed E-state index contributed by atoms with van der Waals surface area (Å²) in [6.45, 7) is 9.46. The summed E-state index contributed by atoms with van der Waals surface area (Å²) in [7, 11) is 0. The summed E-state index contributed by atoms with van der Waals surface area (Å²) in [6.07, 6.45) is 10.3. The smallest absolute Gasteiger partial charge is 0.138 e. The fraction of sp³-hybridized carbons (Fsp3) is 0.706. The maximum atomic E-state index is 5.74. The van der Waals surface area contributed by atoms with E-state index < -0.39 is 0 Å². The van der Waals surface area contributed by atoms with Crippen LogP contribution in [-0.4, -0.2) is 17.6 Å². The molecule has 0 saturated heterocycles. The summed E-state index contributed by atoms with van der Waals surface area (Å²) in [6, 6.07) is 2.51. The molecule has 0 aliphatic rings. The fourth-order valence-electron chi connectivity index (χ4n) is 2.37. The number of rotatable bonds is 10. The highest BCUT2D eigenvalue weighted by Gasteiger charge is 2.11. The summed E-state index contributed by atoms with van der Waals surface area (Å²) < 4.78 is 5.74. The third-order valence-electron chi connectivity index (χ3n) is 3.31. The van der Waals surface area contributed by atoms with Crippen LogP contribution in [0.1, 0.15) is 71.4 Å². The van der Waals surface area contributed by atoms with Crippen LogP contribution >= 0.6 is 0 Å². The molecule has 20 heavy (non-hydrogen) atoms. The molecular weight excluding hydrogens is 248 g/mol. The molecule has 1 aromatic rings. The second-order valence-corrected chi connectivity index (χ2v) is 5.58. The van der Waals surface area contributed by atoms with Crippen molar-refractivity contribution in [2.24, 2.45) is 0 Å². The number of hydrogen-bond acceptors (Lipinski definition) is 3. The van der Waals surface area contributed by atoms with E-state index in [0.29, 0.717) is 6.04 Å². The van der Waals surface area contributed by atoms with E-state index in [9.17, 15) is 0 Å². The van der Waals surface area contributed by atoms with Crippen LogP contribution in [0.5, 0.6) is 5.75 Å². The number of unbranched alkanes of at least 4 members (excludes halogenated alkanes) is 3. The minimum Gasteiger partial charge on any atom is -0.489 e. The molecule has 0 amide bonds. The molecule has 1 aromatic heterocycles. The van der Waals surface area contributed by atoms with Gasteiger partial charge in [0.25, 0.3) is 0 Å². The number of hydrogen-bond donors (Lipinski definition) is 1. The van der Waals surface area contributed by atoms with Gasteiger partial charge in [-0.25, -0.2) is 0 Å². The van der Waals surface area contributed by atoms with Crippen molar-refractivity contribution in [1.29, 1.82) is 0 Å². The Morgan fingerprint density at radius 3 is 2.60 bits per heavy atom. The zero-order valence-corrected chi connectivity index (χ0v) is 13.5. The maximum Gasteiger partial charge on any atom is 0.138 e. The first-order valence-corrected chi connectivity index (χ1v) is 8.02. The Balaban J connectivity index is 2.64. The quantitative estimate of drug-likeness (QED) is 0.640. The molecule has 0 spiro atoms. The predicted molar refractivity (Wildman–Crippen MR) is 85.2 cm³/mol. The summed E-state index contributed by atoms with van der Waals surface area (Å²) in [5.74, 6) is 0.869. The Hall–Kier alpha value is -1.09. The Bertz CT molecular complexity index is 366. The van der Waals surface area contributed by atoms with E-state index in [1.54, 1.807) is 6.20 Å². The first kappa shape index (κ1) is 17.0. The summed E-state index contributed by atoms with van der Waals surface area (Å²) >= 11 is 0. The predicted octanol–water partition coefficient (Wildman–Crippen LogP) is 4.49. The van der Waals surface area contributed by atoms with Crippen LogP contribution in [0.25, 0.3) is 0 Å². The number of aromatic nitrogens is 1. The van der Waals surface area contributed by atoms with Crippen molar-refractivity contribution in [3.8, 4) is 5.75 Å². The average Bonchev–Trinajstić information content (AvgIpc) is 2.42. The third kappa shape index (κ3) is 6.38. The Labute approximate surface area is 124 Å². The van der Waals surface area contributed by atoms with Crippen LogP contribution in [0.3, 0.4) is 0 Å². The van der Waals surface area contributed by atoms with Crippen LogP contribution in [0, 0.1) is 0 Å². The van der Waals surface area contributed by atoms with Gasteiger partial charge in [0.1, 0.15) is 5.75 Å². The van der Waals surface area contributed by atoms with Crippen molar-refractivity contribution in [2.75, 3.05) is 6.54 Å². The second kappa shape index (κ2) is 9.76. The molecule has 1 atom stereocenters. The number of ether oxygens (including phenoxy) is 1. The molecule has 1 heterocycles. The van der Waals surface area contributed by atoms with Crippen molar-refractivity contribution < 1.29 is 4.74 Å². The molecular formula is C17H30N2O. The molecule has 1 unspecified atom stereocenters. The number of nitrogens with zero attached hydrogens (tertiary/aromatic N) is 1. The number of pyridine rings is 1. The first-order chi connectivity index (χ1) is 9.67. The van der Waals surface area contributed by atoms with E-state index in [2.05, 4.69) is 30.2 Å². The lowest BCUT2D eigenvalue weighted by molar-refractivity contribution is 0.241. The molecule has 114 valence electrons. The highest BCUT2D eigenvalue weighted by Crippen LogP contribution is 2.23. The summed E-state index contributed by atoms with van der Waals surface area (Å²) in [4.78, 5) is 4.32. The van der Waals surface area contributed by atoms with Crippen molar-refractivity contribution in [1.82, 2.24) is 10.3 Å². The largest absolute Gasteiger partial charge is 0.489 e. The van der Waals surface area contributed by atoms with Crippen molar-refractivity contribution in [2.45, 2.75) is 71.9 Å². The van der Waals surface area contributed by atoms with Gasteiger partial charge in [0, 0.05) is 12.2 Å². The van der Waals surface area contributed by atoms with Crippen LogP contribution in [0.15, 0.2) is 18.5 Å². The average molecular weight is 278 g/mol. The van der Waals surface area contributed by atoms with Crippen LogP contribution in [-0.2, 0) is 0 Å². The minimum absolute atomic E-state index is 0.189. The molecule has 0 saturated carbocycles. The molecule has 0 radical (unpaired) electrons. The molecule has 0 aliphatic heterocycles. The van der Waals surface area contributed by atoms with Crippen LogP contribution in [0.4, 0.5) is 0 Å². The van der Waals surface area contributed by atoms with Gasteiger partial charge in [-0.3, -0.25) is 4.98 Å². The van der Waals surface area contributed by atoms with E-state index in [-0.39, 0.29) is 6.10 Å². The zero-order chi connectivity index (χ0) is 14.8. The number of nitrogens with one attached hydrogen (secondary N) is 1. The van der Waals surface area contributed by atoms with Gasteiger partial charge in [-0.1, -0.05) is 39.5 Å². The second-order valence-electron chi connectivity index (χ2n) is 5.58. The molecule has 0 fully saturated rings. The lowest BCUT2D eigenvalue weighted by atomic mass is 10.0. The van der Waals surface area contributed by atoms with Gasteiger partial charge in [0.05, 0.1) is 12.3 Å². The zero-order valence-electron chi connectivity index (χ0n) is 13.5. The van der Waals surface area contributed by atoms with E-state index in [1.807, 2.05) is 20.0 Å². The first-order valence-electron chi connectivity index (χ1n) is 8.02. The van der Waals surface area contributed by atoms with E-state index in [4.69, 9.17) is 4.74 Å². The Morgan fingerprint density at radius 1 is 1.15 bits per heavy atom. The van der Waals surface area contributed by atoms with Crippen LogP contribution < -0.4 is 10.1 Å². The molecule has 1 N–H and O–H groups in total. The van der Waals surface area contributed by atoms with Crippen molar-refractivity contribution in [3.63, 3.8) is 0 Å². The maximum absolute atomic E-state index is 5.74. The van der Waals surface area contributed by atoms with E-state index >= 15 is 0 Å². The van der Waals surface area contributed by atoms with Gasteiger partial charge in [-0.15, -0.1) is 0 Å². The molecule has 0 aromatic carbocycles. The Kier molecular flexibility index (Phi) is 8.28. The van der Waals surface area contributed by atoms with Gasteiger partial charge in [0.15, 0.2) is 0 Å². The van der Waals surface area contributed by atoms with Gasteiger partial charge in [-0.05, 0) is 38.4 Å². The lowest BCUT2D eigenvalue weighted by Gasteiger charge is -2.19. The summed E-state index contributed by atoms with van der Waals surface area (Å²) in [5, 5.41) is 3.56. The topological polar surface area (TPSA) is 34.2 Å². The SMILES string of the molecule is CCCCCCC(NCC)c1cncc(OC(C)C)c1. The Morgan fingerprint density at radius 2 is 1.95 bits per heavy atom. The molecule has 0 bridgehead atoms. The van der Waals surface area contributed by atoms with E-state index in [1.165, 1.54) is 37.7 Å². The monoisotopic (exact) mass is 278 g/mol. The third-order valence-corrected chi connectivity index (χ3v) is 3.31. The van der Waals surface area contributed by atoms with Gasteiger partial charge >= 0.3 is 0 Å². The summed E-state index contributed by atoms with van der Waals surface area (Å²) in [5.41, 5.74) is 1.24. The van der Waals surface area contributed by atoms with Crippen LogP contribution in [0.2, 0.25) is 0 Å². The molecule has 0 aliphatic carbocycles. The van der Waals surface area contributed by atoms with Gasteiger partial charge in [-0.2, -0.15) is 0 Å². The van der Waals surface area contributed by atoms with Crippen molar-refractivity contribution in [3.05, 3.63) is 24.0 Å².